The van der Waals surface area contributed by atoms with E-state index in [9.17, 15) is 9.59 Å². The number of hydrogen-bond donors (Lipinski definition) is 2. The van der Waals surface area contributed by atoms with Gasteiger partial charge in [0.1, 0.15) is 5.00 Å². The second-order valence-electron chi connectivity index (χ2n) is 7.36. The minimum absolute atomic E-state index is 0.218. The van der Waals surface area contributed by atoms with Gasteiger partial charge < -0.3 is 15.8 Å². The van der Waals surface area contributed by atoms with E-state index in [-0.39, 0.29) is 5.91 Å². The number of carbonyl (C=O) groups excluding carboxylic acids is 2. The highest BCUT2D eigenvalue weighted by atomic mass is 32.2. The Hall–Kier alpha value is -2.76. The van der Waals surface area contributed by atoms with Crippen molar-refractivity contribution >= 4 is 39.9 Å². The van der Waals surface area contributed by atoms with Crippen LogP contribution in [0.2, 0.25) is 0 Å². The molecule has 0 bridgehead atoms. The summed E-state index contributed by atoms with van der Waals surface area (Å²) in [6.07, 6.45) is 6.15. The normalized spacial score (nSPS) is 13.7. The van der Waals surface area contributed by atoms with Crippen LogP contribution in [0.3, 0.4) is 0 Å². The van der Waals surface area contributed by atoms with Crippen molar-refractivity contribution in [2.75, 3.05) is 19.0 Å². The fourth-order valence-corrected chi connectivity index (χ4v) is 5.83. The molecule has 0 saturated carbocycles. The summed E-state index contributed by atoms with van der Waals surface area (Å²) in [5, 5.41) is 12.2. The number of pyridine rings is 1. The number of primary amides is 1. The van der Waals surface area contributed by atoms with E-state index in [0.29, 0.717) is 34.7 Å². The Labute approximate surface area is 193 Å². The van der Waals surface area contributed by atoms with Crippen molar-refractivity contribution in [1.29, 1.82) is 0 Å². The first kappa shape index (κ1) is 22.4. The minimum Gasteiger partial charge on any atom is -0.383 e. The van der Waals surface area contributed by atoms with Gasteiger partial charge in [0.25, 0.3) is 5.91 Å². The molecule has 0 radical (unpaired) electrons. The predicted molar refractivity (Wildman–Crippen MR) is 124 cm³/mol. The molecule has 168 valence electrons. The van der Waals surface area contributed by atoms with Crippen molar-refractivity contribution in [1.82, 2.24) is 19.7 Å². The number of hydrogen-bond acceptors (Lipinski definition) is 8. The number of thioether (sulfide) groups is 1. The monoisotopic (exact) mass is 472 g/mol. The summed E-state index contributed by atoms with van der Waals surface area (Å²) in [4.78, 5) is 30.1. The van der Waals surface area contributed by atoms with Gasteiger partial charge in [-0.15, -0.1) is 21.5 Å². The summed E-state index contributed by atoms with van der Waals surface area (Å²) >= 11 is 2.75. The Kier molecular flexibility index (Phi) is 6.87. The lowest BCUT2D eigenvalue weighted by molar-refractivity contribution is -0.115. The number of methoxy groups -OCH3 is 1. The quantitative estimate of drug-likeness (QED) is 0.459. The van der Waals surface area contributed by atoms with Crippen LogP contribution in [0.15, 0.2) is 29.7 Å². The van der Waals surface area contributed by atoms with Gasteiger partial charge in [-0.05, 0) is 43.9 Å². The molecule has 3 aromatic rings. The van der Waals surface area contributed by atoms with Crippen LogP contribution in [-0.2, 0) is 28.9 Å². The average Bonchev–Trinajstić information content (AvgIpc) is 3.47. The zero-order valence-corrected chi connectivity index (χ0v) is 19.5. The summed E-state index contributed by atoms with van der Waals surface area (Å²) in [6, 6.07) is 3.72. The molecule has 0 aromatic carbocycles. The lowest BCUT2D eigenvalue weighted by atomic mass is 10.1. The molecule has 0 aliphatic heterocycles. The van der Waals surface area contributed by atoms with Gasteiger partial charge in [-0.3, -0.25) is 19.1 Å². The molecule has 32 heavy (non-hydrogen) atoms. The highest BCUT2D eigenvalue weighted by Gasteiger charge is 2.28. The van der Waals surface area contributed by atoms with Crippen molar-refractivity contribution in [3.63, 3.8) is 0 Å². The first-order valence-electron chi connectivity index (χ1n) is 10.2. The maximum atomic E-state index is 13.0. The van der Waals surface area contributed by atoms with Crippen LogP contribution in [0, 0.1) is 0 Å². The number of nitrogens with zero attached hydrogens (tertiary/aromatic N) is 4. The Morgan fingerprint density at radius 3 is 2.81 bits per heavy atom. The second-order valence-corrected chi connectivity index (χ2v) is 9.77. The first-order valence-corrected chi connectivity index (χ1v) is 11.9. The number of rotatable bonds is 9. The number of fused-ring (bicyclic) bond motifs is 1. The molecule has 4 rings (SSSR count). The van der Waals surface area contributed by atoms with E-state index >= 15 is 0 Å². The minimum atomic E-state index is -0.499. The van der Waals surface area contributed by atoms with Crippen LogP contribution < -0.4 is 11.1 Å². The van der Waals surface area contributed by atoms with E-state index in [1.54, 1.807) is 26.4 Å². The topological polar surface area (TPSA) is 125 Å². The highest BCUT2D eigenvalue weighted by Crippen LogP contribution is 2.39. The molecule has 0 saturated heterocycles. The lowest BCUT2D eigenvalue weighted by Gasteiger charge is -2.14. The van der Waals surface area contributed by atoms with Gasteiger partial charge in [-0.25, -0.2) is 0 Å². The number of nitrogens with two attached hydrogens (primary N) is 1. The molecule has 0 spiro atoms. The van der Waals surface area contributed by atoms with Crippen molar-refractivity contribution < 1.29 is 14.3 Å². The van der Waals surface area contributed by atoms with E-state index in [1.165, 1.54) is 23.1 Å². The Morgan fingerprint density at radius 1 is 1.31 bits per heavy atom. The zero-order valence-electron chi connectivity index (χ0n) is 17.8. The van der Waals surface area contributed by atoms with E-state index in [4.69, 9.17) is 10.5 Å². The Morgan fingerprint density at radius 2 is 2.09 bits per heavy atom. The molecule has 3 aromatic heterocycles. The largest absolute Gasteiger partial charge is 0.383 e. The molecule has 1 unspecified atom stereocenters. The number of carbonyl (C=O) groups is 2. The van der Waals surface area contributed by atoms with Crippen molar-refractivity contribution in [3.05, 3.63) is 40.5 Å². The van der Waals surface area contributed by atoms with Gasteiger partial charge in [-0.2, -0.15) is 0 Å². The Bertz CT molecular complexity index is 1130. The van der Waals surface area contributed by atoms with Crippen molar-refractivity contribution in [2.45, 2.75) is 43.1 Å². The molecular formula is C21H24N6O3S2. The number of amides is 2. The van der Waals surface area contributed by atoms with E-state index in [0.717, 1.165) is 35.3 Å². The number of aromatic nitrogens is 4. The summed E-state index contributed by atoms with van der Waals surface area (Å²) in [5.41, 5.74) is 7.93. The van der Waals surface area contributed by atoms with Crippen molar-refractivity contribution in [2.24, 2.45) is 5.73 Å². The average molecular weight is 473 g/mol. The smallest absolute Gasteiger partial charge is 0.251 e. The fraction of sp³-hybridized carbons (Fsp3) is 0.381. The predicted octanol–water partition coefficient (Wildman–Crippen LogP) is 2.75. The standard InChI is InChI=1S/C21H24N6O3S2/c1-12(19(29)24-20-16(17(22)28)14-4-3-5-15(14)32-20)31-21-26-25-18(27(21)10-11-30-2)13-6-8-23-9-7-13/h6-9,12H,3-5,10-11H2,1-2H3,(H2,22,28)(H,24,29). The molecule has 3 heterocycles. The molecule has 1 aliphatic rings. The fourth-order valence-electron chi connectivity index (χ4n) is 3.65. The summed E-state index contributed by atoms with van der Waals surface area (Å²) < 4.78 is 7.17. The van der Waals surface area contributed by atoms with E-state index < -0.39 is 11.2 Å². The van der Waals surface area contributed by atoms with Gasteiger partial charge in [0.05, 0.1) is 24.0 Å². The summed E-state index contributed by atoms with van der Waals surface area (Å²) in [5.74, 6) is -0.0317. The summed E-state index contributed by atoms with van der Waals surface area (Å²) in [6.45, 7) is 2.82. The van der Waals surface area contributed by atoms with Crippen LogP contribution in [-0.4, -0.2) is 50.5 Å². The third kappa shape index (κ3) is 4.54. The molecule has 3 N–H and O–H groups in total. The number of thiophene rings is 1. The van der Waals surface area contributed by atoms with Gasteiger partial charge in [0.15, 0.2) is 11.0 Å². The maximum Gasteiger partial charge on any atom is 0.251 e. The van der Waals surface area contributed by atoms with Crippen molar-refractivity contribution in [3.8, 4) is 11.4 Å². The zero-order chi connectivity index (χ0) is 22.7. The third-order valence-electron chi connectivity index (χ3n) is 5.23. The number of nitrogens with one attached hydrogen (secondary N) is 1. The highest BCUT2D eigenvalue weighted by molar-refractivity contribution is 8.00. The SMILES string of the molecule is COCCn1c(SC(C)C(=O)Nc2sc3c(c2C(N)=O)CCC3)nnc1-c1ccncc1. The second kappa shape index (κ2) is 9.80. The van der Waals surface area contributed by atoms with Crippen LogP contribution in [0.25, 0.3) is 11.4 Å². The van der Waals surface area contributed by atoms with Crippen LogP contribution in [0.1, 0.15) is 34.1 Å². The Balaban J connectivity index is 1.53. The van der Waals surface area contributed by atoms with Crippen LogP contribution >= 0.6 is 23.1 Å². The first-order chi connectivity index (χ1) is 15.5. The maximum absolute atomic E-state index is 13.0. The lowest BCUT2D eigenvalue weighted by Crippen LogP contribution is -2.24. The van der Waals surface area contributed by atoms with E-state index in [2.05, 4.69) is 20.5 Å². The van der Waals surface area contributed by atoms with Gasteiger partial charge in [-0.1, -0.05) is 11.8 Å². The van der Waals surface area contributed by atoms with Gasteiger partial charge in [0, 0.05) is 29.9 Å². The third-order valence-corrected chi connectivity index (χ3v) is 7.52. The van der Waals surface area contributed by atoms with Gasteiger partial charge >= 0.3 is 0 Å². The molecule has 2 amide bonds. The number of anilines is 1. The molecular weight excluding hydrogens is 448 g/mol. The number of aryl methyl sites for hydroxylation is 1. The van der Waals surface area contributed by atoms with Gasteiger partial charge in [0.2, 0.25) is 5.91 Å². The molecule has 9 nitrogen and oxygen atoms in total. The van der Waals surface area contributed by atoms with Crippen LogP contribution in [0.4, 0.5) is 5.00 Å². The van der Waals surface area contributed by atoms with Crippen LogP contribution in [0.5, 0.6) is 0 Å². The molecule has 1 aliphatic carbocycles. The number of ether oxygens (including phenoxy) is 1. The molecule has 1 atom stereocenters. The molecule has 0 fully saturated rings. The summed E-state index contributed by atoms with van der Waals surface area (Å²) in [7, 11) is 1.63. The molecule has 11 heteroatoms. The van der Waals surface area contributed by atoms with E-state index in [1.807, 2.05) is 16.7 Å².